The number of nitrogens with zero attached hydrogens (tertiary/aromatic N) is 2. The molecular formula is C18H13ClN2OS2. The molecule has 0 atom stereocenters. The first kappa shape index (κ1) is 16.7. The van der Waals surface area contributed by atoms with E-state index in [1.54, 1.807) is 17.4 Å². The summed E-state index contributed by atoms with van der Waals surface area (Å²) in [5, 5.41) is 2.63. The molecule has 0 aliphatic rings. The quantitative estimate of drug-likeness (QED) is 0.492. The molecule has 0 saturated heterocycles. The van der Waals surface area contributed by atoms with E-state index in [4.69, 9.17) is 18.0 Å². The van der Waals surface area contributed by atoms with Crippen LogP contribution < -0.4 is 4.80 Å². The van der Waals surface area contributed by atoms with Crippen molar-refractivity contribution in [2.24, 2.45) is 4.99 Å². The average Bonchev–Trinajstić information content (AvgIpc) is 3.18. The standard InChI is InChI=1S/C18H13ClN2OS2/c1-3-10-21-17-12(2)14(19)7-8-15(17)24-18(21)20-16(22)9-6-13-5-4-11-23-13/h1,4-9,11H,10H2,2H3/b9-6+,20-18?. The van der Waals surface area contributed by atoms with Crippen molar-refractivity contribution < 1.29 is 4.79 Å². The largest absolute Gasteiger partial charge is 0.304 e. The summed E-state index contributed by atoms with van der Waals surface area (Å²) in [6.45, 7) is 2.27. The highest BCUT2D eigenvalue weighted by Crippen LogP contribution is 2.27. The number of benzene rings is 1. The Kier molecular flexibility index (Phi) is 5.00. The molecule has 3 nitrogen and oxygen atoms in total. The second-order valence-electron chi connectivity index (χ2n) is 4.99. The van der Waals surface area contributed by atoms with Crippen LogP contribution in [0.15, 0.2) is 40.7 Å². The lowest BCUT2D eigenvalue weighted by atomic mass is 10.2. The Bertz CT molecular complexity index is 1030. The third-order valence-electron chi connectivity index (χ3n) is 3.42. The fourth-order valence-corrected chi connectivity index (χ4v) is 4.17. The molecule has 0 aliphatic heterocycles. The minimum absolute atomic E-state index is 0.315. The highest BCUT2D eigenvalue weighted by Gasteiger charge is 2.11. The molecule has 0 unspecified atom stereocenters. The van der Waals surface area contributed by atoms with E-state index in [2.05, 4.69) is 10.9 Å². The van der Waals surface area contributed by atoms with Crippen LogP contribution in [0.2, 0.25) is 5.02 Å². The lowest BCUT2D eigenvalue weighted by molar-refractivity contribution is -0.113. The van der Waals surface area contributed by atoms with Crippen LogP contribution in [0.4, 0.5) is 0 Å². The number of carbonyl (C=O) groups excluding carboxylic acids is 1. The van der Waals surface area contributed by atoms with E-state index < -0.39 is 0 Å². The van der Waals surface area contributed by atoms with Crippen LogP contribution in [0, 0.1) is 19.3 Å². The number of fused-ring (bicyclic) bond motifs is 1. The highest BCUT2D eigenvalue weighted by molar-refractivity contribution is 7.16. The normalized spacial score (nSPS) is 12.1. The Morgan fingerprint density at radius 2 is 2.29 bits per heavy atom. The van der Waals surface area contributed by atoms with Crippen LogP contribution in [0.1, 0.15) is 10.4 Å². The number of thiophene rings is 1. The van der Waals surface area contributed by atoms with E-state index >= 15 is 0 Å². The lowest BCUT2D eigenvalue weighted by Crippen LogP contribution is -2.16. The van der Waals surface area contributed by atoms with Gasteiger partial charge < -0.3 is 4.57 Å². The van der Waals surface area contributed by atoms with Crippen LogP contribution in [0.25, 0.3) is 16.3 Å². The molecule has 0 saturated carbocycles. The molecule has 1 amide bonds. The predicted octanol–water partition coefficient (Wildman–Crippen LogP) is 4.50. The smallest absolute Gasteiger partial charge is 0.272 e. The van der Waals surface area contributed by atoms with Crippen molar-refractivity contribution in [2.45, 2.75) is 13.5 Å². The molecule has 0 N–H and O–H groups in total. The first-order valence-corrected chi connectivity index (χ1v) is 9.19. The van der Waals surface area contributed by atoms with E-state index in [0.717, 1.165) is 20.7 Å². The van der Waals surface area contributed by atoms with Crippen molar-refractivity contribution >= 4 is 56.5 Å². The van der Waals surface area contributed by atoms with E-state index in [1.165, 1.54) is 17.4 Å². The van der Waals surface area contributed by atoms with Gasteiger partial charge in [-0.2, -0.15) is 4.99 Å². The Morgan fingerprint density at radius 1 is 1.46 bits per heavy atom. The van der Waals surface area contributed by atoms with Gasteiger partial charge in [-0.05, 0) is 42.1 Å². The van der Waals surface area contributed by atoms with Crippen molar-refractivity contribution in [3.8, 4) is 12.3 Å². The van der Waals surface area contributed by atoms with Crippen LogP contribution in [-0.2, 0) is 11.3 Å². The molecule has 24 heavy (non-hydrogen) atoms. The predicted molar refractivity (Wildman–Crippen MR) is 102 cm³/mol. The van der Waals surface area contributed by atoms with Gasteiger partial charge in [-0.1, -0.05) is 34.9 Å². The van der Waals surface area contributed by atoms with E-state index in [1.807, 2.05) is 41.1 Å². The number of aromatic nitrogens is 1. The second-order valence-corrected chi connectivity index (χ2v) is 7.39. The van der Waals surface area contributed by atoms with Gasteiger partial charge in [0.05, 0.1) is 16.8 Å². The Hall–Kier alpha value is -2.13. The van der Waals surface area contributed by atoms with Crippen LogP contribution in [0.5, 0.6) is 0 Å². The molecule has 1 aromatic carbocycles. The maximum absolute atomic E-state index is 12.2. The number of hydrogen-bond acceptors (Lipinski definition) is 3. The molecule has 3 rings (SSSR count). The number of halogens is 1. The summed E-state index contributed by atoms with van der Waals surface area (Å²) >= 11 is 9.21. The van der Waals surface area contributed by atoms with Crippen molar-refractivity contribution in [3.05, 3.63) is 56.0 Å². The summed E-state index contributed by atoms with van der Waals surface area (Å²) in [7, 11) is 0. The molecule has 0 aliphatic carbocycles. The molecule has 2 aromatic heterocycles. The molecule has 120 valence electrons. The monoisotopic (exact) mass is 372 g/mol. The number of rotatable bonds is 3. The second kappa shape index (κ2) is 7.18. The van der Waals surface area contributed by atoms with E-state index in [9.17, 15) is 4.79 Å². The molecule has 0 radical (unpaired) electrons. The van der Waals surface area contributed by atoms with Crippen molar-refractivity contribution in [2.75, 3.05) is 0 Å². The van der Waals surface area contributed by atoms with Crippen LogP contribution in [0.3, 0.4) is 0 Å². The number of hydrogen-bond donors (Lipinski definition) is 0. The maximum atomic E-state index is 12.2. The van der Waals surface area contributed by atoms with Crippen molar-refractivity contribution in [1.29, 1.82) is 0 Å². The Balaban J connectivity index is 2.08. The number of amides is 1. The molecule has 0 bridgehead atoms. The summed E-state index contributed by atoms with van der Waals surface area (Å²) < 4.78 is 2.86. The fourth-order valence-electron chi connectivity index (χ4n) is 2.31. The summed E-state index contributed by atoms with van der Waals surface area (Å²) in [6.07, 6.45) is 8.71. The molecule has 0 fully saturated rings. The molecular weight excluding hydrogens is 360 g/mol. The van der Waals surface area contributed by atoms with Gasteiger partial charge in [0.15, 0.2) is 4.80 Å². The van der Waals surface area contributed by atoms with Crippen molar-refractivity contribution in [3.63, 3.8) is 0 Å². The summed E-state index contributed by atoms with van der Waals surface area (Å²) in [5.41, 5.74) is 1.86. The number of carbonyl (C=O) groups is 1. The topological polar surface area (TPSA) is 34.4 Å². The molecule has 3 aromatic rings. The summed E-state index contributed by atoms with van der Waals surface area (Å²) in [4.78, 5) is 18.0. The zero-order valence-electron chi connectivity index (χ0n) is 12.8. The zero-order valence-corrected chi connectivity index (χ0v) is 15.2. The third-order valence-corrected chi connectivity index (χ3v) is 5.71. The van der Waals surface area contributed by atoms with Gasteiger partial charge in [0, 0.05) is 16.0 Å². The fraction of sp³-hybridized carbons (Fsp3) is 0.111. The van der Waals surface area contributed by atoms with Crippen molar-refractivity contribution in [1.82, 2.24) is 4.57 Å². The number of aryl methyl sites for hydroxylation is 1. The first-order chi connectivity index (χ1) is 11.6. The first-order valence-electron chi connectivity index (χ1n) is 7.12. The van der Waals surface area contributed by atoms with Crippen LogP contribution in [-0.4, -0.2) is 10.5 Å². The van der Waals surface area contributed by atoms with Gasteiger partial charge >= 0.3 is 0 Å². The van der Waals surface area contributed by atoms with Gasteiger partial charge in [-0.15, -0.1) is 17.8 Å². The van der Waals surface area contributed by atoms with E-state index in [-0.39, 0.29) is 5.91 Å². The van der Waals surface area contributed by atoms with Gasteiger partial charge in [-0.25, -0.2) is 0 Å². The molecule has 6 heteroatoms. The lowest BCUT2D eigenvalue weighted by Gasteiger charge is -2.04. The van der Waals surface area contributed by atoms with Gasteiger partial charge in [0.1, 0.15) is 0 Å². The Labute approximate surface area is 152 Å². The number of thiazole rings is 1. The van der Waals surface area contributed by atoms with Crippen LogP contribution >= 0.6 is 34.3 Å². The van der Waals surface area contributed by atoms with Gasteiger partial charge in [0.25, 0.3) is 5.91 Å². The highest BCUT2D eigenvalue weighted by atomic mass is 35.5. The SMILES string of the molecule is C#CCn1c(=NC(=O)/C=C/c2cccs2)sc2ccc(Cl)c(C)c21. The minimum atomic E-state index is -0.315. The van der Waals surface area contributed by atoms with E-state index in [0.29, 0.717) is 16.4 Å². The summed E-state index contributed by atoms with van der Waals surface area (Å²) in [5.74, 6) is 2.30. The molecule has 0 spiro atoms. The number of terminal acetylenes is 1. The minimum Gasteiger partial charge on any atom is -0.304 e. The third kappa shape index (κ3) is 3.36. The average molecular weight is 373 g/mol. The Morgan fingerprint density at radius 3 is 3.00 bits per heavy atom. The maximum Gasteiger partial charge on any atom is 0.272 e. The summed E-state index contributed by atoms with van der Waals surface area (Å²) in [6, 6.07) is 7.65. The molecule has 2 heterocycles. The van der Waals surface area contributed by atoms with Gasteiger partial charge in [-0.3, -0.25) is 4.79 Å². The van der Waals surface area contributed by atoms with Gasteiger partial charge in [0.2, 0.25) is 0 Å². The zero-order chi connectivity index (χ0) is 17.1.